The van der Waals surface area contributed by atoms with Crippen molar-refractivity contribution in [2.24, 2.45) is 0 Å². The SMILES string of the molecule is CCCCCCOc1ccc(-c2nc(-c3ccccc3)nc(-c3ccc(OCCCCCCCCCCCO)cc3O)n2)c(O)c1. The van der Waals surface area contributed by atoms with Crippen LogP contribution >= 0.6 is 0 Å². The van der Waals surface area contributed by atoms with Crippen LogP contribution in [0.5, 0.6) is 23.0 Å². The Bertz CT molecular complexity index is 1460. The first-order valence-corrected chi connectivity index (χ1v) is 16.9. The molecule has 0 saturated carbocycles. The number of benzene rings is 3. The lowest BCUT2D eigenvalue weighted by Crippen LogP contribution is -2.01. The zero-order chi connectivity index (χ0) is 32.4. The number of ether oxygens (including phenoxy) is 2. The monoisotopic (exact) mass is 627 g/mol. The number of nitrogens with zero attached hydrogens (tertiary/aromatic N) is 3. The maximum atomic E-state index is 11.0. The number of rotatable bonds is 21. The molecule has 0 aliphatic carbocycles. The maximum absolute atomic E-state index is 11.0. The molecular weight excluding hydrogens is 578 g/mol. The van der Waals surface area contributed by atoms with Gasteiger partial charge in [0.2, 0.25) is 0 Å². The van der Waals surface area contributed by atoms with Gasteiger partial charge in [0.1, 0.15) is 23.0 Å². The third-order valence-corrected chi connectivity index (χ3v) is 7.93. The molecule has 8 heteroatoms. The molecule has 0 atom stereocenters. The zero-order valence-electron chi connectivity index (χ0n) is 27.2. The Hall–Kier alpha value is -4.17. The van der Waals surface area contributed by atoms with E-state index in [4.69, 9.17) is 19.6 Å². The number of hydrogen-bond acceptors (Lipinski definition) is 8. The standard InChI is InChI=1S/C38H49N3O5/c1-2-3-4-16-25-45-30-20-22-32(34(43)27-30)37-39-36(29-18-13-12-14-19-29)40-38(41-37)33-23-21-31(28-35(33)44)46-26-17-11-9-7-5-6-8-10-15-24-42/h12-14,18-23,27-28,42-44H,2-11,15-17,24-26H2,1H3. The molecule has 0 radical (unpaired) electrons. The molecule has 0 bridgehead atoms. The van der Waals surface area contributed by atoms with Crippen molar-refractivity contribution in [1.82, 2.24) is 15.0 Å². The predicted molar refractivity (Wildman–Crippen MR) is 183 cm³/mol. The van der Waals surface area contributed by atoms with Crippen LogP contribution in [0.3, 0.4) is 0 Å². The first-order valence-electron chi connectivity index (χ1n) is 16.9. The van der Waals surface area contributed by atoms with Gasteiger partial charge in [-0.1, -0.05) is 101 Å². The normalized spacial score (nSPS) is 11.1. The molecule has 3 aromatic carbocycles. The van der Waals surface area contributed by atoms with E-state index in [1.54, 1.807) is 24.3 Å². The van der Waals surface area contributed by atoms with Crippen molar-refractivity contribution in [3.8, 4) is 57.2 Å². The van der Waals surface area contributed by atoms with E-state index in [0.717, 1.165) is 44.1 Å². The van der Waals surface area contributed by atoms with Crippen LogP contribution in [0.25, 0.3) is 34.2 Å². The highest BCUT2D eigenvalue weighted by atomic mass is 16.5. The molecule has 0 amide bonds. The average molecular weight is 628 g/mol. The summed E-state index contributed by atoms with van der Waals surface area (Å²) < 4.78 is 11.8. The summed E-state index contributed by atoms with van der Waals surface area (Å²) in [5.74, 6) is 2.21. The summed E-state index contributed by atoms with van der Waals surface area (Å²) in [6.07, 6.45) is 14.6. The topological polar surface area (TPSA) is 118 Å². The fraction of sp³-hybridized carbons (Fsp3) is 0.447. The molecule has 46 heavy (non-hydrogen) atoms. The van der Waals surface area contributed by atoms with Crippen LogP contribution in [0.15, 0.2) is 66.7 Å². The molecule has 0 spiro atoms. The second kappa shape index (κ2) is 19.4. The van der Waals surface area contributed by atoms with Crippen LogP contribution in [0.4, 0.5) is 0 Å². The number of aromatic hydroxyl groups is 2. The van der Waals surface area contributed by atoms with Crippen LogP contribution in [0.1, 0.15) is 90.4 Å². The van der Waals surface area contributed by atoms with E-state index >= 15 is 0 Å². The summed E-state index contributed by atoms with van der Waals surface area (Å²) in [5.41, 5.74) is 1.68. The van der Waals surface area contributed by atoms with Gasteiger partial charge in [-0.3, -0.25) is 0 Å². The van der Waals surface area contributed by atoms with E-state index in [9.17, 15) is 10.2 Å². The Morgan fingerprint density at radius 2 is 0.978 bits per heavy atom. The zero-order valence-corrected chi connectivity index (χ0v) is 27.2. The van der Waals surface area contributed by atoms with E-state index < -0.39 is 0 Å². The predicted octanol–water partition coefficient (Wildman–Crippen LogP) is 9.12. The summed E-state index contributed by atoms with van der Waals surface area (Å²) in [6, 6.07) is 19.9. The first-order chi connectivity index (χ1) is 22.6. The van der Waals surface area contributed by atoms with Crippen molar-refractivity contribution in [3.05, 3.63) is 66.7 Å². The number of aromatic nitrogens is 3. The molecule has 0 aliphatic rings. The van der Waals surface area contributed by atoms with Crippen molar-refractivity contribution in [2.75, 3.05) is 19.8 Å². The third kappa shape index (κ3) is 11.0. The quantitative estimate of drug-likeness (QED) is 0.0783. The maximum Gasteiger partial charge on any atom is 0.167 e. The molecule has 0 aliphatic heterocycles. The summed E-state index contributed by atoms with van der Waals surface area (Å²) in [5, 5.41) is 30.8. The van der Waals surface area contributed by atoms with Gasteiger partial charge in [0.05, 0.1) is 24.3 Å². The highest BCUT2D eigenvalue weighted by Gasteiger charge is 2.17. The number of unbranched alkanes of at least 4 members (excludes halogenated alkanes) is 11. The lowest BCUT2D eigenvalue weighted by molar-refractivity contribution is 0.282. The molecule has 246 valence electrons. The summed E-state index contributed by atoms with van der Waals surface area (Å²) in [6.45, 7) is 3.65. The third-order valence-electron chi connectivity index (χ3n) is 7.93. The van der Waals surface area contributed by atoms with Crippen molar-refractivity contribution < 1.29 is 24.8 Å². The lowest BCUT2D eigenvalue weighted by atomic mass is 10.1. The van der Waals surface area contributed by atoms with E-state index in [2.05, 4.69) is 16.9 Å². The van der Waals surface area contributed by atoms with Gasteiger partial charge in [-0.2, -0.15) is 0 Å². The summed E-state index contributed by atoms with van der Waals surface area (Å²) in [4.78, 5) is 14.1. The molecule has 0 saturated heterocycles. The number of phenols is 2. The largest absolute Gasteiger partial charge is 0.507 e. The van der Waals surface area contributed by atoms with E-state index in [-0.39, 0.29) is 11.5 Å². The fourth-order valence-corrected chi connectivity index (χ4v) is 5.27. The highest BCUT2D eigenvalue weighted by molar-refractivity contribution is 5.72. The number of phenolic OH excluding ortho intramolecular Hbond substituents is 2. The van der Waals surface area contributed by atoms with Crippen molar-refractivity contribution in [2.45, 2.75) is 90.4 Å². The van der Waals surface area contributed by atoms with E-state index in [1.165, 1.54) is 44.9 Å². The van der Waals surface area contributed by atoms with Gasteiger partial charge in [-0.25, -0.2) is 15.0 Å². The first kappa shape index (κ1) is 34.7. The summed E-state index contributed by atoms with van der Waals surface area (Å²) >= 11 is 0. The second-order valence-electron chi connectivity index (χ2n) is 11.7. The number of hydrogen-bond donors (Lipinski definition) is 3. The van der Waals surface area contributed by atoms with Crippen LogP contribution in [0, 0.1) is 0 Å². The van der Waals surface area contributed by atoms with Crippen LogP contribution in [-0.4, -0.2) is 50.1 Å². The van der Waals surface area contributed by atoms with Gasteiger partial charge in [0.25, 0.3) is 0 Å². The Morgan fingerprint density at radius 1 is 0.522 bits per heavy atom. The van der Waals surface area contributed by atoms with Gasteiger partial charge in [-0.05, 0) is 43.5 Å². The summed E-state index contributed by atoms with van der Waals surface area (Å²) in [7, 11) is 0. The van der Waals surface area contributed by atoms with Gasteiger partial charge < -0.3 is 24.8 Å². The van der Waals surface area contributed by atoms with Crippen molar-refractivity contribution in [3.63, 3.8) is 0 Å². The molecule has 8 nitrogen and oxygen atoms in total. The minimum Gasteiger partial charge on any atom is -0.507 e. The lowest BCUT2D eigenvalue weighted by Gasteiger charge is -2.12. The molecule has 4 aromatic rings. The Balaban J connectivity index is 1.42. The second-order valence-corrected chi connectivity index (χ2v) is 11.7. The smallest absolute Gasteiger partial charge is 0.167 e. The molecule has 1 aromatic heterocycles. The van der Waals surface area contributed by atoms with Gasteiger partial charge in [0, 0.05) is 24.3 Å². The van der Waals surface area contributed by atoms with Crippen LogP contribution < -0.4 is 9.47 Å². The van der Waals surface area contributed by atoms with Crippen LogP contribution in [0.2, 0.25) is 0 Å². The molecule has 4 rings (SSSR count). The van der Waals surface area contributed by atoms with E-state index in [1.807, 2.05) is 42.5 Å². The van der Waals surface area contributed by atoms with Crippen molar-refractivity contribution in [1.29, 1.82) is 0 Å². The fourth-order valence-electron chi connectivity index (χ4n) is 5.27. The highest BCUT2D eigenvalue weighted by Crippen LogP contribution is 2.35. The molecular formula is C38H49N3O5. The van der Waals surface area contributed by atoms with Gasteiger partial charge in [0.15, 0.2) is 17.5 Å². The molecule has 1 heterocycles. The van der Waals surface area contributed by atoms with E-state index in [0.29, 0.717) is 59.9 Å². The minimum absolute atomic E-state index is 0.00547. The van der Waals surface area contributed by atoms with Gasteiger partial charge >= 0.3 is 0 Å². The number of aliphatic hydroxyl groups excluding tert-OH is 1. The van der Waals surface area contributed by atoms with Crippen LogP contribution in [-0.2, 0) is 0 Å². The number of aliphatic hydroxyl groups is 1. The molecule has 3 N–H and O–H groups in total. The minimum atomic E-state index is 0.00547. The van der Waals surface area contributed by atoms with Gasteiger partial charge in [-0.15, -0.1) is 0 Å². The van der Waals surface area contributed by atoms with Crippen molar-refractivity contribution >= 4 is 0 Å². The average Bonchev–Trinajstić information content (AvgIpc) is 3.07. The Morgan fingerprint density at radius 3 is 1.46 bits per heavy atom. The Labute approximate surface area is 273 Å². The molecule has 0 fully saturated rings. The Kier molecular flexibility index (Phi) is 14.6. The molecule has 0 unspecified atom stereocenters.